The Balaban J connectivity index is 1.47. The van der Waals surface area contributed by atoms with Gasteiger partial charge < -0.3 is 14.8 Å². The molecule has 0 aromatic carbocycles. The highest BCUT2D eigenvalue weighted by Gasteiger charge is 2.16. The number of hydrogen-bond acceptors (Lipinski definition) is 3. The smallest absolute Gasteiger partial charge is 0.0809 e. The van der Waals surface area contributed by atoms with Crippen molar-refractivity contribution in [2.75, 3.05) is 26.4 Å². The number of piperidine rings is 1. The van der Waals surface area contributed by atoms with Gasteiger partial charge in [0.05, 0.1) is 12.7 Å². The summed E-state index contributed by atoms with van der Waals surface area (Å²) in [5, 5.41) is 3.54. The number of rotatable bonds is 5. The molecule has 0 spiro atoms. The zero-order valence-electron chi connectivity index (χ0n) is 9.54. The van der Waals surface area contributed by atoms with E-state index in [0.717, 1.165) is 26.2 Å². The van der Waals surface area contributed by atoms with E-state index in [-0.39, 0.29) is 0 Å². The average Bonchev–Trinajstić information content (AvgIpc) is 2.79. The van der Waals surface area contributed by atoms with E-state index in [1.165, 1.54) is 38.6 Å². The minimum atomic E-state index is 0.379. The van der Waals surface area contributed by atoms with Crippen molar-refractivity contribution in [3.63, 3.8) is 0 Å². The molecule has 3 nitrogen and oxygen atoms in total. The summed E-state index contributed by atoms with van der Waals surface area (Å²) >= 11 is 0. The molecule has 0 radical (unpaired) electrons. The summed E-state index contributed by atoms with van der Waals surface area (Å²) in [6.07, 6.45) is 7.97. The van der Waals surface area contributed by atoms with Crippen molar-refractivity contribution in [3.8, 4) is 0 Å². The fraction of sp³-hybridized carbons (Fsp3) is 1.00. The standard InChI is InChI=1S/C12H23NO2/c1-2-7-13-11(4-1)6-9-14-10-12-5-3-8-15-12/h11-13H,1-10H2/t11-,12+/m1/s1. The van der Waals surface area contributed by atoms with Crippen LogP contribution in [0.15, 0.2) is 0 Å². The van der Waals surface area contributed by atoms with Crippen molar-refractivity contribution in [2.24, 2.45) is 0 Å². The van der Waals surface area contributed by atoms with Gasteiger partial charge in [-0.15, -0.1) is 0 Å². The summed E-state index contributed by atoms with van der Waals surface area (Å²) in [6, 6.07) is 0.697. The number of nitrogens with one attached hydrogen (secondary N) is 1. The number of hydrogen-bond donors (Lipinski definition) is 1. The summed E-state index contributed by atoms with van der Waals surface area (Å²) in [7, 11) is 0. The molecule has 0 aromatic rings. The molecule has 2 heterocycles. The molecule has 3 heteroatoms. The first-order chi connectivity index (χ1) is 7.45. The third kappa shape index (κ3) is 4.09. The molecule has 1 N–H and O–H groups in total. The Hall–Kier alpha value is -0.120. The Kier molecular flexibility index (Phi) is 4.90. The molecular weight excluding hydrogens is 190 g/mol. The van der Waals surface area contributed by atoms with Crippen LogP contribution < -0.4 is 5.32 Å². The molecular formula is C12H23NO2. The van der Waals surface area contributed by atoms with Crippen LogP contribution >= 0.6 is 0 Å². The Morgan fingerprint density at radius 3 is 2.93 bits per heavy atom. The van der Waals surface area contributed by atoms with Gasteiger partial charge >= 0.3 is 0 Å². The van der Waals surface area contributed by atoms with Gasteiger partial charge in [0.15, 0.2) is 0 Å². The van der Waals surface area contributed by atoms with Crippen LogP contribution in [0.25, 0.3) is 0 Å². The first kappa shape index (κ1) is 11.4. The first-order valence-corrected chi connectivity index (χ1v) is 6.38. The maximum absolute atomic E-state index is 5.66. The van der Waals surface area contributed by atoms with Crippen LogP contribution in [-0.4, -0.2) is 38.5 Å². The summed E-state index contributed by atoms with van der Waals surface area (Å²) in [4.78, 5) is 0. The van der Waals surface area contributed by atoms with Gasteiger partial charge in [0.1, 0.15) is 0 Å². The predicted octanol–water partition coefficient (Wildman–Crippen LogP) is 1.71. The highest BCUT2D eigenvalue weighted by Crippen LogP contribution is 2.13. The van der Waals surface area contributed by atoms with Crippen LogP contribution in [0, 0.1) is 0 Å². The van der Waals surface area contributed by atoms with E-state index >= 15 is 0 Å². The maximum atomic E-state index is 5.66. The minimum absolute atomic E-state index is 0.379. The van der Waals surface area contributed by atoms with Crippen molar-refractivity contribution in [1.29, 1.82) is 0 Å². The quantitative estimate of drug-likeness (QED) is 0.705. The Morgan fingerprint density at radius 1 is 1.20 bits per heavy atom. The summed E-state index contributed by atoms with van der Waals surface area (Å²) < 4.78 is 11.2. The van der Waals surface area contributed by atoms with E-state index in [0.29, 0.717) is 12.1 Å². The molecule has 0 aliphatic carbocycles. The van der Waals surface area contributed by atoms with E-state index < -0.39 is 0 Å². The molecule has 2 atom stereocenters. The van der Waals surface area contributed by atoms with Crippen LogP contribution in [0.4, 0.5) is 0 Å². The highest BCUT2D eigenvalue weighted by atomic mass is 16.5. The Morgan fingerprint density at radius 2 is 2.20 bits per heavy atom. The fourth-order valence-electron chi connectivity index (χ4n) is 2.39. The fourth-order valence-corrected chi connectivity index (χ4v) is 2.39. The van der Waals surface area contributed by atoms with Gasteiger partial charge in [-0.2, -0.15) is 0 Å². The lowest BCUT2D eigenvalue weighted by Gasteiger charge is -2.23. The van der Waals surface area contributed by atoms with Gasteiger partial charge in [0.2, 0.25) is 0 Å². The average molecular weight is 213 g/mol. The van der Waals surface area contributed by atoms with E-state index in [2.05, 4.69) is 5.32 Å². The van der Waals surface area contributed by atoms with Crippen LogP contribution in [0.5, 0.6) is 0 Å². The maximum Gasteiger partial charge on any atom is 0.0809 e. The van der Waals surface area contributed by atoms with E-state index in [1.54, 1.807) is 0 Å². The van der Waals surface area contributed by atoms with Gasteiger partial charge in [0, 0.05) is 19.3 Å². The van der Waals surface area contributed by atoms with Gasteiger partial charge in [-0.3, -0.25) is 0 Å². The molecule has 2 saturated heterocycles. The summed E-state index contributed by atoms with van der Waals surface area (Å²) in [6.45, 7) is 3.80. The van der Waals surface area contributed by atoms with E-state index in [1.807, 2.05) is 0 Å². The Bertz CT molecular complexity index is 163. The van der Waals surface area contributed by atoms with Crippen LogP contribution in [0.3, 0.4) is 0 Å². The second kappa shape index (κ2) is 6.46. The first-order valence-electron chi connectivity index (χ1n) is 6.38. The lowest BCUT2D eigenvalue weighted by atomic mass is 10.0. The molecule has 2 fully saturated rings. The monoisotopic (exact) mass is 213 g/mol. The lowest BCUT2D eigenvalue weighted by Crippen LogP contribution is -2.35. The molecule has 88 valence electrons. The zero-order chi connectivity index (χ0) is 10.3. The molecule has 2 aliphatic heterocycles. The van der Waals surface area contributed by atoms with E-state index in [9.17, 15) is 0 Å². The summed E-state index contributed by atoms with van der Waals surface area (Å²) in [5.74, 6) is 0. The van der Waals surface area contributed by atoms with Crippen molar-refractivity contribution >= 4 is 0 Å². The topological polar surface area (TPSA) is 30.5 Å². The molecule has 0 bridgehead atoms. The summed E-state index contributed by atoms with van der Waals surface area (Å²) in [5.41, 5.74) is 0. The molecule has 2 rings (SSSR count). The van der Waals surface area contributed by atoms with Crippen molar-refractivity contribution in [1.82, 2.24) is 5.32 Å². The SMILES string of the molecule is C1CC[C@H](CCOC[C@@H]2CCCO2)NC1. The van der Waals surface area contributed by atoms with Gasteiger partial charge in [-0.05, 0) is 38.6 Å². The van der Waals surface area contributed by atoms with Crippen molar-refractivity contribution in [2.45, 2.75) is 50.7 Å². The molecule has 0 aromatic heterocycles. The lowest BCUT2D eigenvalue weighted by molar-refractivity contribution is 0.0140. The molecule has 0 amide bonds. The van der Waals surface area contributed by atoms with E-state index in [4.69, 9.17) is 9.47 Å². The van der Waals surface area contributed by atoms with Crippen molar-refractivity contribution in [3.05, 3.63) is 0 Å². The Labute approximate surface area is 92.5 Å². The van der Waals surface area contributed by atoms with Crippen LogP contribution in [0.1, 0.15) is 38.5 Å². The molecule has 0 unspecified atom stereocenters. The number of ether oxygens (including phenoxy) is 2. The van der Waals surface area contributed by atoms with Gasteiger partial charge in [0.25, 0.3) is 0 Å². The van der Waals surface area contributed by atoms with Crippen LogP contribution in [-0.2, 0) is 9.47 Å². The highest BCUT2D eigenvalue weighted by molar-refractivity contribution is 4.71. The predicted molar refractivity (Wildman–Crippen MR) is 60.1 cm³/mol. The zero-order valence-corrected chi connectivity index (χ0v) is 9.54. The minimum Gasteiger partial charge on any atom is -0.379 e. The molecule has 0 saturated carbocycles. The second-order valence-electron chi connectivity index (χ2n) is 4.65. The third-order valence-corrected chi connectivity index (χ3v) is 3.35. The van der Waals surface area contributed by atoms with Crippen molar-refractivity contribution < 1.29 is 9.47 Å². The second-order valence-corrected chi connectivity index (χ2v) is 4.65. The van der Waals surface area contributed by atoms with Gasteiger partial charge in [-0.25, -0.2) is 0 Å². The van der Waals surface area contributed by atoms with Crippen LogP contribution in [0.2, 0.25) is 0 Å². The normalized spacial score (nSPS) is 32.0. The van der Waals surface area contributed by atoms with Gasteiger partial charge in [-0.1, -0.05) is 6.42 Å². The molecule has 2 aliphatic rings. The largest absolute Gasteiger partial charge is 0.379 e. The third-order valence-electron chi connectivity index (χ3n) is 3.35. The molecule has 15 heavy (non-hydrogen) atoms.